The number of nitrogens with zero attached hydrogens (tertiary/aromatic N) is 2. The van der Waals surface area contributed by atoms with Crippen molar-refractivity contribution in [2.45, 2.75) is 25.5 Å². The Balaban J connectivity index is 0.00000364. The van der Waals surface area contributed by atoms with Gasteiger partial charge >= 0.3 is 5.97 Å². The van der Waals surface area contributed by atoms with Crippen molar-refractivity contribution in [2.24, 2.45) is 10.9 Å². The Morgan fingerprint density at radius 3 is 2.70 bits per heavy atom. The fourth-order valence-electron chi connectivity index (χ4n) is 2.95. The molecular weight excluding hydrogens is 480 g/mol. The minimum atomic E-state index is -0.145. The maximum Gasteiger partial charge on any atom is 0.309 e. The number of likely N-dealkylation sites (tertiary alicyclic amines) is 1. The van der Waals surface area contributed by atoms with Crippen LogP contribution in [0.1, 0.15) is 25.3 Å². The summed E-state index contributed by atoms with van der Waals surface area (Å²) in [5.41, 5.74) is 0.739. The Morgan fingerprint density at radius 2 is 2.07 bits per heavy atom. The maximum atomic E-state index is 13.6. The molecule has 1 aromatic carbocycles. The highest BCUT2D eigenvalue weighted by Gasteiger charge is 2.27. The van der Waals surface area contributed by atoms with Gasteiger partial charge in [-0.25, -0.2) is 4.39 Å². The van der Waals surface area contributed by atoms with Crippen molar-refractivity contribution >= 4 is 47.7 Å². The molecule has 8 heteroatoms. The summed E-state index contributed by atoms with van der Waals surface area (Å²) < 4.78 is 18.7. The van der Waals surface area contributed by atoms with E-state index in [1.165, 1.54) is 6.07 Å². The molecule has 1 N–H and O–H groups in total. The van der Waals surface area contributed by atoms with Crippen LogP contribution in [0.3, 0.4) is 0 Å². The van der Waals surface area contributed by atoms with Crippen LogP contribution >= 0.6 is 35.7 Å². The van der Waals surface area contributed by atoms with Gasteiger partial charge in [-0.15, -0.1) is 24.0 Å². The van der Waals surface area contributed by atoms with Crippen molar-refractivity contribution in [3.05, 3.63) is 35.6 Å². The number of thioether (sulfide) groups is 1. The van der Waals surface area contributed by atoms with Crippen molar-refractivity contribution in [3.63, 3.8) is 0 Å². The van der Waals surface area contributed by atoms with Gasteiger partial charge in [0.2, 0.25) is 0 Å². The Kier molecular flexibility index (Phi) is 11.7. The van der Waals surface area contributed by atoms with Crippen LogP contribution < -0.4 is 5.32 Å². The Labute approximate surface area is 182 Å². The van der Waals surface area contributed by atoms with Crippen LogP contribution in [-0.4, -0.2) is 55.9 Å². The van der Waals surface area contributed by atoms with E-state index in [0.717, 1.165) is 49.8 Å². The first-order chi connectivity index (χ1) is 12.7. The van der Waals surface area contributed by atoms with E-state index >= 15 is 0 Å². The van der Waals surface area contributed by atoms with Gasteiger partial charge < -0.3 is 15.0 Å². The summed E-state index contributed by atoms with van der Waals surface area (Å²) in [6.07, 6.45) is 1.59. The second-order valence-corrected chi connectivity index (χ2v) is 7.24. The molecule has 0 spiro atoms. The molecule has 0 aliphatic carbocycles. The van der Waals surface area contributed by atoms with E-state index in [2.05, 4.69) is 15.2 Å². The maximum absolute atomic E-state index is 13.6. The number of nitrogens with one attached hydrogen (secondary N) is 1. The lowest BCUT2D eigenvalue weighted by Gasteiger charge is -2.33. The number of piperidine rings is 1. The second kappa shape index (κ2) is 13.2. The molecule has 2 rings (SSSR count). The number of esters is 1. The average Bonchev–Trinajstić information content (AvgIpc) is 2.66. The molecule has 1 aliphatic heterocycles. The third kappa shape index (κ3) is 7.85. The topological polar surface area (TPSA) is 53.9 Å². The lowest BCUT2D eigenvalue weighted by atomic mass is 9.97. The summed E-state index contributed by atoms with van der Waals surface area (Å²) in [7, 11) is 1.77. The van der Waals surface area contributed by atoms with Gasteiger partial charge in [0.15, 0.2) is 5.96 Å². The van der Waals surface area contributed by atoms with E-state index in [4.69, 9.17) is 4.74 Å². The Hall–Kier alpha value is -1.03. The van der Waals surface area contributed by atoms with Crippen molar-refractivity contribution in [3.8, 4) is 0 Å². The van der Waals surface area contributed by atoms with E-state index in [0.29, 0.717) is 12.4 Å². The van der Waals surface area contributed by atoms with E-state index in [1.807, 2.05) is 19.1 Å². The molecule has 0 radical (unpaired) electrons. The number of guanidine groups is 1. The first kappa shape index (κ1) is 24.0. The van der Waals surface area contributed by atoms with E-state index in [9.17, 15) is 9.18 Å². The Bertz CT molecular complexity index is 610. The third-order valence-electron chi connectivity index (χ3n) is 4.37. The standard InChI is InChI=1S/C19H28FN3O2S.HI/c1-3-25-18(24)15-8-11-23(12-9-15)19(21-2)22-10-13-26-14-16-6-4-5-7-17(16)20;/h4-7,15H,3,8-14H2,1-2H3,(H,21,22);1H. The summed E-state index contributed by atoms with van der Waals surface area (Å²) >= 11 is 1.69. The molecule has 0 aromatic heterocycles. The zero-order chi connectivity index (χ0) is 18.8. The van der Waals surface area contributed by atoms with Crippen molar-refractivity contribution in [2.75, 3.05) is 39.0 Å². The summed E-state index contributed by atoms with van der Waals surface area (Å²) in [5.74, 6) is 2.16. The van der Waals surface area contributed by atoms with Gasteiger partial charge in [0, 0.05) is 38.2 Å². The lowest BCUT2D eigenvalue weighted by molar-refractivity contribution is -0.149. The number of carbonyl (C=O) groups is 1. The normalized spacial score (nSPS) is 15.2. The first-order valence-electron chi connectivity index (χ1n) is 9.09. The van der Waals surface area contributed by atoms with E-state index in [1.54, 1.807) is 24.9 Å². The van der Waals surface area contributed by atoms with Crippen LogP contribution in [0.15, 0.2) is 29.3 Å². The number of benzene rings is 1. The van der Waals surface area contributed by atoms with Gasteiger partial charge in [-0.2, -0.15) is 11.8 Å². The molecule has 1 heterocycles. The largest absolute Gasteiger partial charge is 0.466 e. The number of hydrogen-bond acceptors (Lipinski definition) is 4. The van der Waals surface area contributed by atoms with Gasteiger partial charge in [0.05, 0.1) is 12.5 Å². The minimum Gasteiger partial charge on any atom is -0.466 e. The number of aliphatic imine (C=N–C) groups is 1. The van der Waals surface area contributed by atoms with Crippen LogP contribution in [0.2, 0.25) is 0 Å². The molecule has 1 aromatic rings. The fraction of sp³-hybridized carbons (Fsp3) is 0.579. The smallest absolute Gasteiger partial charge is 0.309 e. The minimum absolute atomic E-state index is 0. The fourth-order valence-corrected chi connectivity index (χ4v) is 3.80. The third-order valence-corrected chi connectivity index (χ3v) is 5.38. The molecule has 1 fully saturated rings. The second-order valence-electron chi connectivity index (χ2n) is 6.13. The highest BCUT2D eigenvalue weighted by atomic mass is 127. The molecule has 0 bridgehead atoms. The average molecular weight is 509 g/mol. The van der Waals surface area contributed by atoms with Crippen molar-refractivity contribution < 1.29 is 13.9 Å². The van der Waals surface area contributed by atoms with Gasteiger partial charge in [0.1, 0.15) is 5.82 Å². The summed E-state index contributed by atoms with van der Waals surface area (Å²) in [6.45, 7) is 4.64. The van der Waals surface area contributed by atoms with Crippen molar-refractivity contribution in [1.29, 1.82) is 0 Å². The zero-order valence-electron chi connectivity index (χ0n) is 15.9. The lowest BCUT2D eigenvalue weighted by Crippen LogP contribution is -2.47. The number of ether oxygens (including phenoxy) is 1. The predicted octanol–water partition coefficient (Wildman–Crippen LogP) is 3.53. The predicted molar refractivity (Wildman–Crippen MR) is 120 cm³/mol. The molecule has 0 amide bonds. The van der Waals surface area contributed by atoms with Gasteiger partial charge in [0.25, 0.3) is 0 Å². The number of hydrogen-bond donors (Lipinski definition) is 1. The highest BCUT2D eigenvalue weighted by Crippen LogP contribution is 2.19. The van der Waals surface area contributed by atoms with E-state index in [-0.39, 0.29) is 41.7 Å². The van der Waals surface area contributed by atoms with Crippen LogP contribution in [0.5, 0.6) is 0 Å². The monoisotopic (exact) mass is 509 g/mol. The summed E-state index contributed by atoms with van der Waals surface area (Å²) in [6, 6.07) is 6.89. The SMILES string of the molecule is CCOC(=O)C1CCN(C(=NC)NCCSCc2ccccc2F)CC1.I. The summed E-state index contributed by atoms with van der Waals surface area (Å²) in [4.78, 5) is 18.3. The quantitative estimate of drug-likeness (QED) is 0.201. The van der Waals surface area contributed by atoms with Gasteiger partial charge in [-0.3, -0.25) is 9.79 Å². The van der Waals surface area contributed by atoms with Crippen LogP contribution in [0, 0.1) is 11.7 Å². The zero-order valence-corrected chi connectivity index (χ0v) is 19.1. The number of halogens is 2. The highest BCUT2D eigenvalue weighted by molar-refractivity contribution is 14.0. The van der Waals surface area contributed by atoms with Crippen molar-refractivity contribution in [1.82, 2.24) is 10.2 Å². The number of carbonyl (C=O) groups excluding carboxylic acids is 1. The van der Waals surface area contributed by atoms with Crippen LogP contribution in [0.25, 0.3) is 0 Å². The number of rotatable bonds is 7. The van der Waals surface area contributed by atoms with Gasteiger partial charge in [-0.1, -0.05) is 18.2 Å². The molecule has 1 aliphatic rings. The molecule has 27 heavy (non-hydrogen) atoms. The molecule has 0 saturated carbocycles. The first-order valence-corrected chi connectivity index (χ1v) is 10.2. The Morgan fingerprint density at radius 1 is 1.37 bits per heavy atom. The van der Waals surface area contributed by atoms with Crippen LogP contribution in [0.4, 0.5) is 4.39 Å². The molecular formula is C19H29FIN3O2S. The van der Waals surface area contributed by atoms with Crippen LogP contribution in [-0.2, 0) is 15.3 Å². The molecule has 152 valence electrons. The molecule has 1 saturated heterocycles. The molecule has 0 unspecified atom stereocenters. The molecule has 0 atom stereocenters. The molecule has 5 nitrogen and oxygen atoms in total. The summed E-state index contributed by atoms with van der Waals surface area (Å²) in [5, 5.41) is 3.35. The van der Waals surface area contributed by atoms with Gasteiger partial charge in [-0.05, 0) is 31.4 Å². The van der Waals surface area contributed by atoms with E-state index < -0.39 is 0 Å².